The predicted octanol–water partition coefficient (Wildman–Crippen LogP) is 3.54. The van der Waals surface area contributed by atoms with Crippen LogP contribution in [0.3, 0.4) is 0 Å². The van der Waals surface area contributed by atoms with E-state index >= 15 is 0 Å². The molecule has 158 valence electrons. The number of methoxy groups -OCH3 is 1. The number of likely N-dealkylation sites (tertiary alicyclic amines) is 1. The lowest BCUT2D eigenvalue weighted by molar-refractivity contribution is 0.0506. The maximum Gasteiger partial charge on any atom is 0.407 e. The first-order valence-corrected chi connectivity index (χ1v) is 10.0. The highest BCUT2D eigenvalue weighted by Crippen LogP contribution is 2.25. The predicted molar refractivity (Wildman–Crippen MR) is 111 cm³/mol. The van der Waals surface area contributed by atoms with Gasteiger partial charge in [0.05, 0.1) is 7.11 Å². The minimum absolute atomic E-state index is 0.350. The summed E-state index contributed by atoms with van der Waals surface area (Å²) >= 11 is 0. The van der Waals surface area contributed by atoms with Gasteiger partial charge in [-0.05, 0) is 63.8 Å². The molecule has 7 nitrogen and oxygen atoms in total. The smallest absolute Gasteiger partial charge is 0.407 e. The fourth-order valence-electron chi connectivity index (χ4n) is 3.71. The van der Waals surface area contributed by atoms with Crippen molar-refractivity contribution in [2.75, 3.05) is 26.7 Å². The molecule has 7 heteroatoms. The summed E-state index contributed by atoms with van der Waals surface area (Å²) in [5.41, 5.74) is 0.619. The molecular weight excluding hydrogens is 372 g/mol. The maximum atomic E-state index is 12.0. The fourth-order valence-corrected chi connectivity index (χ4v) is 3.71. The summed E-state index contributed by atoms with van der Waals surface area (Å²) in [5, 5.41) is 3.79. The Morgan fingerprint density at radius 2 is 2.10 bits per heavy atom. The minimum atomic E-state index is -0.499. The van der Waals surface area contributed by atoms with Crippen molar-refractivity contribution in [2.45, 2.75) is 45.8 Å². The average molecular weight is 402 g/mol. The van der Waals surface area contributed by atoms with Crippen LogP contribution in [0.2, 0.25) is 0 Å². The van der Waals surface area contributed by atoms with Gasteiger partial charge in [0, 0.05) is 37.2 Å². The largest absolute Gasteiger partial charge is 0.497 e. The molecule has 1 N–H and O–H groups in total. The molecule has 29 heavy (non-hydrogen) atoms. The SMILES string of the molecule is COc1ccc2c(CN3CCCC(CNC(=O)OC(C)(C)C)C3)cc(=O)oc2c1. The van der Waals surface area contributed by atoms with Gasteiger partial charge in [0.25, 0.3) is 0 Å². The van der Waals surface area contributed by atoms with Gasteiger partial charge in [-0.2, -0.15) is 0 Å². The molecule has 2 heterocycles. The summed E-state index contributed by atoms with van der Waals surface area (Å²) in [6.45, 7) is 8.62. The number of piperidine rings is 1. The summed E-state index contributed by atoms with van der Waals surface area (Å²) in [6, 6.07) is 7.11. The van der Waals surface area contributed by atoms with Crippen LogP contribution < -0.4 is 15.7 Å². The number of nitrogens with one attached hydrogen (secondary N) is 1. The van der Waals surface area contributed by atoms with E-state index in [1.807, 2.05) is 32.9 Å². The van der Waals surface area contributed by atoms with Gasteiger partial charge in [0.15, 0.2) is 0 Å². The lowest BCUT2D eigenvalue weighted by Crippen LogP contribution is -2.42. The van der Waals surface area contributed by atoms with Crippen molar-refractivity contribution in [3.8, 4) is 5.75 Å². The van der Waals surface area contributed by atoms with Crippen LogP contribution in [-0.4, -0.2) is 43.3 Å². The number of carbonyl (C=O) groups excluding carboxylic acids is 1. The van der Waals surface area contributed by atoms with Crippen molar-refractivity contribution in [2.24, 2.45) is 5.92 Å². The van der Waals surface area contributed by atoms with Gasteiger partial charge in [0.1, 0.15) is 16.9 Å². The molecule has 1 aromatic heterocycles. The molecule has 0 saturated carbocycles. The van der Waals surface area contributed by atoms with Crippen LogP contribution in [0, 0.1) is 5.92 Å². The zero-order valence-corrected chi connectivity index (χ0v) is 17.6. The fraction of sp³-hybridized carbons (Fsp3) is 0.545. The molecule has 3 rings (SSSR count). The first-order valence-electron chi connectivity index (χ1n) is 10.0. The van der Waals surface area contributed by atoms with Crippen molar-refractivity contribution in [1.29, 1.82) is 0 Å². The van der Waals surface area contributed by atoms with Crippen LogP contribution in [0.5, 0.6) is 5.75 Å². The lowest BCUT2D eigenvalue weighted by atomic mass is 9.97. The Kier molecular flexibility index (Phi) is 6.47. The van der Waals surface area contributed by atoms with Crippen LogP contribution in [-0.2, 0) is 11.3 Å². The Morgan fingerprint density at radius 1 is 1.31 bits per heavy atom. The van der Waals surface area contributed by atoms with Gasteiger partial charge in [-0.25, -0.2) is 9.59 Å². The molecule has 1 saturated heterocycles. The van der Waals surface area contributed by atoms with E-state index in [1.54, 1.807) is 19.2 Å². The van der Waals surface area contributed by atoms with Gasteiger partial charge >= 0.3 is 11.7 Å². The van der Waals surface area contributed by atoms with Gasteiger partial charge in [0.2, 0.25) is 0 Å². The summed E-state index contributed by atoms with van der Waals surface area (Å²) in [4.78, 5) is 26.2. The number of ether oxygens (including phenoxy) is 2. The summed E-state index contributed by atoms with van der Waals surface area (Å²) in [6.07, 6.45) is 1.73. The van der Waals surface area contributed by atoms with Crippen LogP contribution in [0.15, 0.2) is 33.5 Å². The molecule has 0 spiro atoms. The topological polar surface area (TPSA) is 81.0 Å². The van der Waals surface area contributed by atoms with Crippen LogP contribution in [0.25, 0.3) is 11.0 Å². The second kappa shape index (κ2) is 8.86. The molecule has 0 bridgehead atoms. The second-order valence-electron chi connectivity index (χ2n) is 8.58. The highest BCUT2D eigenvalue weighted by atomic mass is 16.6. The molecule has 1 atom stereocenters. The quantitative estimate of drug-likeness (QED) is 0.771. The van der Waals surface area contributed by atoms with Gasteiger partial charge in [-0.15, -0.1) is 0 Å². The standard InChI is InChI=1S/C22H30N2O5/c1-22(2,3)29-21(26)23-12-15-6-5-9-24(13-15)14-16-10-20(25)28-19-11-17(27-4)7-8-18(16)19/h7-8,10-11,15H,5-6,9,12-14H2,1-4H3,(H,23,26). The summed E-state index contributed by atoms with van der Waals surface area (Å²) in [7, 11) is 1.59. The van der Waals surface area contributed by atoms with E-state index in [0.29, 0.717) is 30.3 Å². The number of benzene rings is 1. The zero-order valence-electron chi connectivity index (χ0n) is 17.6. The van der Waals surface area contributed by atoms with E-state index in [2.05, 4.69) is 10.2 Å². The lowest BCUT2D eigenvalue weighted by Gasteiger charge is -2.33. The van der Waals surface area contributed by atoms with Crippen molar-refractivity contribution >= 4 is 17.1 Å². The summed E-state index contributed by atoms with van der Waals surface area (Å²) < 4.78 is 15.9. The number of rotatable bonds is 5. The maximum absolute atomic E-state index is 12.0. The number of carbonyl (C=O) groups is 1. The molecular formula is C22H30N2O5. The molecule has 1 aromatic carbocycles. The van der Waals surface area contributed by atoms with E-state index in [9.17, 15) is 9.59 Å². The Labute approximate surface area is 171 Å². The van der Waals surface area contributed by atoms with E-state index in [0.717, 1.165) is 36.9 Å². The van der Waals surface area contributed by atoms with Gasteiger partial charge < -0.3 is 19.2 Å². The molecule has 1 amide bonds. The van der Waals surface area contributed by atoms with Gasteiger partial charge in [-0.3, -0.25) is 4.90 Å². The third kappa shape index (κ3) is 5.97. The number of hydrogen-bond acceptors (Lipinski definition) is 6. The molecule has 1 aliphatic heterocycles. The van der Waals surface area contributed by atoms with Crippen LogP contribution in [0.1, 0.15) is 39.2 Å². The van der Waals surface area contributed by atoms with Crippen molar-refractivity contribution < 1.29 is 18.7 Å². The third-order valence-corrected chi connectivity index (χ3v) is 4.97. The van der Waals surface area contributed by atoms with Crippen molar-refractivity contribution in [1.82, 2.24) is 10.2 Å². The average Bonchev–Trinajstić information content (AvgIpc) is 2.64. The Morgan fingerprint density at radius 3 is 2.83 bits per heavy atom. The Balaban J connectivity index is 1.65. The molecule has 1 unspecified atom stereocenters. The number of alkyl carbamates (subject to hydrolysis) is 1. The summed E-state index contributed by atoms with van der Waals surface area (Å²) in [5.74, 6) is 1.01. The van der Waals surface area contributed by atoms with Crippen molar-refractivity contribution in [3.05, 3.63) is 40.2 Å². The minimum Gasteiger partial charge on any atom is -0.497 e. The highest BCUT2D eigenvalue weighted by Gasteiger charge is 2.23. The van der Waals surface area contributed by atoms with E-state index < -0.39 is 5.60 Å². The van der Waals surface area contributed by atoms with E-state index in [-0.39, 0.29) is 11.7 Å². The van der Waals surface area contributed by atoms with Crippen LogP contribution >= 0.6 is 0 Å². The van der Waals surface area contributed by atoms with E-state index in [1.165, 1.54) is 0 Å². The molecule has 1 aliphatic rings. The first-order chi connectivity index (χ1) is 13.7. The molecule has 0 radical (unpaired) electrons. The molecule has 0 aliphatic carbocycles. The number of nitrogens with zero attached hydrogens (tertiary/aromatic N) is 1. The number of fused-ring (bicyclic) bond motifs is 1. The molecule has 2 aromatic rings. The van der Waals surface area contributed by atoms with E-state index in [4.69, 9.17) is 13.9 Å². The third-order valence-electron chi connectivity index (χ3n) is 4.97. The Bertz CT molecular complexity index is 916. The normalized spacial score (nSPS) is 17.9. The highest BCUT2D eigenvalue weighted by molar-refractivity contribution is 5.81. The number of hydrogen-bond donors (Lipinski definition) is 1. The van der Waals surface area contributed by atoms with Gasteiger partial charge in [-0.1, -0.05) is 0 Å². The number of amides is 1. The monoisotopic (exact) mass is 402 g/mol. The van der Waals surface area contributed by atoms with Crippen LogP contribution in [0.4, 0.5) is 4.79 Å². The van der Waals surface area contributed by atoms with Crippen molar-refractivity contribution in [3.63, 3.8) is 0 Å². The zero-order chi connectivity index (χ0) is 21.0. The molecule has 1 fully saturated rings. The second-order valence-corrected chi connectivity index (χ2v) is 8.58. The first kappa shape index (κ1) is 21.2. The Hall–Kier alpha value is -2.54.